The van der Waals surface area contributed by atoms with Gasteiger partial charge in [0.1, 0.15) is 34.2 Å². The van der Waals surface area contributed by atoms with E-state index in [1.54, 1.807) is 38.7 Å². The minimum absolute atomic E-state index is 0.405. The van der Waals surface area contributed by atoms with Crippen molar-refractivity contribution in [2.24, 2.45) is 0 Å². The summed E-state index contributed by atoms with van der Waals surface area (Å²) < 4.78 is 33.1. The summed E-state index contributed by atoms with van der Waals surface area (Å²) in [4.78, 5) is 11.5. The summed E-state index contributed by atoms with van der Waals surface area (Å²) in [7, 11) is 3.22. The zero-order valence-electron chi connectivity index (χ0n) is 17.5. The summed E-state index contributed by atoms with van der Waals surface area (Å²) in [6.07, 6.45) is 4.28. The Bertz CT molecular complexity index is 1200. The highest BCUT2D eigenvalue weighted by Gasteiger charge is 2.13. The lowest BCUT2D eigenvalue weighted by Gasteiger charge is -2.11. The number of ether oxygens (including phenoxy) is 4. The van der Waals surface area contributed by atoms with Crippen LogP contribution in [0, 0.1) is 0 Å². The van der Waals surface area contributed by atoms with E-state index < -0.39 is 5.63 Å². The summed E-state index contributed by atoms with van der Waals surface area (Å²) in [5, 5.41) is 1.61. The van der Waals surface area contributed by atoms with Crippen molar-refractivity contribution in [2.75, 3.05) is 27.4 Å². The van der Waals surface area contributed by atoms with E-state index in [1.807, 2.05) is 18.2 Å². The van der Waals surface area contributed by atoms with Crippen molar-refractivity contribution in [1.29, 1.82) is 0 Å². The maximum atomic E-state index is 11.5. The second kappa shape index (κ2) is 9.47. The first-order valence-corrected chi connectivity index (χ1v) is 10.1. The molecule has 0 unspecified atom stereocenters. The number of hydrogen-bond donors (Lipinski definition) is 0. The van der Waals surface area contributed by atoms with Gasteiger partial charge in [-0.1, -0.05) is 0 Å². The van der Waals surface area contributed by atoms with Crippen LogP contribution in [0.3, 0.4) is 0 Å². The standard InChI is InChI=1S/C24H24O7/c1-26-16-12-17(27-2)14-18(13-16)28-9-4-3-5-10-30-24-19-6-7-23(25)31-22(19)15-21-20(24)8-11-29-21/h6-8,11-15H,3-5,9-10H2,1-2H3. The monoisotopic (exact) mass is 424 g/mol. The summed E-state index contributed by atoms with van der Waals surface area (Å²) in [6.45, 7) is 1.12. The van der Waals surface area contributed by atoms with Crippen LogP contribution >= 0.6 is 0 Å². The zero-order valence-corrected chi connectivity index (χ0v) is 17.5. The number of furan rings is 1. The molecule has 0 aliphatic carbocycles. The van der Waals surface area contributed by atoms with Crippen LogP contribution in [-0.4, -0.2) is 27.4 Å². The van der Waals surface area contributed by atoms with Gasteiger partial charge >= 0.3 is 5.63 Å². The van der Waals surface area contributed by atoms with E-state index in [0.29, 0.717) is 47.4 Å². The van der Waals surface area contributed by atoms with Gasteiger partial charge in [-0.25, -0.2) is 4.79 Å². The van der Waals surface area contributed by atoms with E-state index in [4.69, 9.17) is 27.8 Å². The van der Waals surface area contributed by atoms with Gasteiger partial charge in [-0.3, -0.25) is 0 Å². The molecule has 0 bridgehead atoms. The Labute approximate surface area is 179 Å². The lowest BCUT2D eigenvalue weighted by molar-refractivity contribution is 0.280. The number of hydrogen-bond acceptors (Lipinski definition) is 7. The fraction of sp³-hybridized carbons (Fsp3) is 0.292. The highest BCUT2D eigenvalue weighted by atomic mass is 16.5. The highest BCUT2D eigenvalue weighted by Crippen LogP contribution is 2.35. The Hall–Kier alpha value is -3.61. The van der Waals surface area contributed by atoms with Crippen LogP contribution in [0.25, 0.3) is 21.9 Å². The van der Waals surface area contributed by atoms with Gasteiger partial charge in [0.2, 0.25) is 0 Å². The molecule has 7 nitrogen and oxygen atoms in total. The molecule has 4 rings (SSSR count). The largest absolute Gasteiger partial charge is 0.496 e. The van der Waals surface area contributed by atoms with Crippen LogP contribution in [0.4, 0.5) is 0 Å². The van der Waals surface area contributed by atoms with E-state index in [9.17, 15) is 4.79 Å². The lowest BCUT2D eigenvalue weighted by Crippen LogP contribution is -2.02. The summed E-state index contributed by atoms with van der Waals surface area (Å²) >= 11 is 0. The minimum Gasteiger partial charge on any atom is -0.496 e. The van der Waals surface area contributed by atoms with Gasteiger partial charge in [-0.2, -0.15) is 0 Å². The third kappa shape index (κ3) is 4.77. The molecular formula is C24H24O7. The lowest BCUT2D eigenvalue weighted by atomic mass is 10.1. The number of methoxy groups -OCH3 is 2. The quantitative estimate of drug-likeness (QED) is 0.256. The predicted octanol–water partition coefficient (Wildman–Crippen LogP) is 5.18. The van der Waals surface area contributed by atoms with Crippen molar-refractivity contribution in [3.63, 3.8) is 0 Å². The fourth-order valence-corrected chi connectivity index (χ4v) is 3.38. The Morgan fingerprint density at radius 2 is 1.42 bits per heavy atom. The first-order chi connectivity index (χ1) is 15.2. The van der Waals surface area contributed by atoms with E-state index in [2.05, 4.69) is 0 Å². The maximum Gasteiger partial charge on any atom is 0.336 e. The molecule has 0 N–H and O–H groups in total. The third-order valence-corrected chi connectivity index (χ3v) is 4.94. The molecule has 162 valence electrons. The highest BCUT2D eigenvalue weighted by molar-refractivity contribution is 6.01. The summed E-state index contributed by atoms with van der Waals surface area (Å²) in [5.74, 6) is 2.77. The molecule has 0 atom stereocenters. The van der Waals surface area contributed by atoms with Crippen LogP contribution in [0.2, 0.25) is 0 Å². The van der Waals surface area contributed by atoms with E-state index >= 15 is 0 Å². The SMILES string of the molecule is COc1cc(OC)cc(OCCCCCOc2c3ccoc3cc3oc(=O)ccc23)c1. The van der Waals surface area contributed by atoms with Crippen molar-refractivity contribution in [3.05, 3.63) is 59.1 Å². The topological polar surface area (TPSA) is 80.3 Å². The third-order valence-electron chi connectivity index (χ3n) is 4.94. The number of unbranched alkanes of at least 4 members (excludes halogenated alkanes) is 2. The number of benzene rings is 2. The number of rotatable bonds is 10. The summed E-state index contributed by atoms with van der Waals surface area (Å²) in [5.41, 5.74) is 0.670. The molecule has 0 saturated carbocycles. The first kappa shape index (κ1) is 20.7. The van der Waals surface area contributed by atoms with Crippen molar-refractivity contribution in [3.8, 4) is 23.0 Å². The molecule has 2 aromatic heterocycles. The van der Waals surface area contributed by atoms with Crippen LogP contribution in [-0.2, 0) is 0 Å². The molecular weight excluding hydrogens is 400 g/mol. The molecule has 2 heterocycles. The van der Waals surface area contributed by atoms with Crippen molar-refractivity contribution >= 4 is 21.9 Å². The van der Waals surface area contributed by atoms with Crippen molar-refractivity contribution in [2.45, 2.75) is 19.3 Å². The molecule has 0 aliphatic heterocycles. The molecule has 0 fully saturated rings. The van der Waals surface area contributed by atoms with Crippen LogP contribution < -0.4 is 24.6 Å². The molecule has 0 radical (unpaired) electrons. The van der Waals surface area contributed by atoms with E-state index in [-0.39, 0.29) is 0 Å². The first-order valence-electron chi connectivity index (χ1n) is 10.1. The molecule has 2 aromatic carbocycles. The Morgan fingerprint density at radius 1 is 0.742 bits per heavy atom. The van der Waals surface area contributed by atoms with Gasteiger partial charge in [0.05, 0.1) is 44.5 Å². The van der Waals surface area contributed by atoms with Crippen LogP contribution in [0.15, 0.2) is 62.4 Å². The molecule has 0 saturated heterocycles. The average molecular weight is 424 g/mol. The van der Waals surface area contributed by atoms with Gasteiger partial charge in [-0.05, 0) is 31.4 Å². The van der Waals surface area contributed by atoms with Crippen molar-refractivity contribution < 1.29 is 27.8 Å². The van der Waals surface area contributed by atoms with Gasteiger partial charge in [0, 0.05) is 30.3 Å². The number of fused-ring (bicyclic) bond motifs is 2. The van der Waals surface area contributed by atoms with Crippen LogP contribution in [0.1, 0.15) is 19.3 Å². The van der Waals surface area contributed by atoms with E-state index in [1.165, 1.54) is 6.07 Å². The van der Waals surface area contributed by atoms with Gasteiger partial charge in [0.15, 0.2) is 0 Å². The molecule has 0 amide bonds. The zero-order chi connectivity index (χ0) is 21.6. The van der Waals surface area contributed by atoms with Crippen LogP contribution in [0.5, 0.6) is 23.0 Å². The molecule has 7 heteroatoms. The molecule has 4 aromatic rings. The molecule has 0 aliphatic rings. The summed E-state index contributed by atoms with van der Waals surface area (Å²) in [6, 6.07) is 12.2. The Morgan fingerprint density at radius 3 is 2.16 bits per heavy atom. The van der Waals surface area contributed by atoms with Crippen molar-refractivity contribution in [1.82, 2.24) is 0 Å². The average Bonchev–Trinajstić information content (AvgIpc) is 3.25. The maximum absolute atomic E-state index is 11.5. The molecule has 0 spiro atoms. The molecule has 31 heavy (non-hydrogen) atoms. The second-order valence-corrected chi connectivity index (χ2v) is 7.01. The van der Waals surface area contributed by atoms with Gasteiger partial charge in [0.25, 0.3) is 0 Å². The smallest absolute Gasteiger partial charge is 0.336 e. The Kier molecular flexibility index (Phi) is 6.31. The van der Waals surface area contributed by atoms with Gasteiger partial charge < -0.3 is 27.8 Å². The Balaban J connectivity index is 1.30. The van der Waals surface area contributed by atoms with Gasteiger partial charge in [-0.15, -0.1) is 0 Å². The second-order valence-electron chi connectivity index (χ2n) is 7.01. The predicted molar refractivity (Wildman–Crippen MR) is 117 cm³/mol. The van der Waals surface area contributed by atoms with E-state index in [0.717, 1.165) is 30.0 Å². The minimum atomic E-state index is -0.405. The fourth-order valence-electron chi connectivity index (χ4n) is 3.38. The normalized spacial score (nSPS) is 11.0.